The van der Waals surface area contributed by atoms with Gasteiger partial charge in [0.1, 0.15) is 5.75 Å². The van der Waals surface area contributed by atoms with E-state index in [0.717, 1.165) is 0 Å². The Labute approximate surface area is 97.5 Å². The second-order valence-electron chi connectivity index (χ2n) is 2.52. The molecule has 1 rings (SSSR count). The minimum atomic E-state index is -4.17. The smallest absolute Gasteiger partial charge is 0.268 e. The molecule has 0 bridgehead atoms. The van der Waals surface area contributed by atoms with Gasteiger partial charge in [-0.25, -0.2) is 27.3 Å². The van der Waals surface area contributed by atoms with Gasteiger partial charge in [0.05, 0.1) is 15.3 Å². The molecule has 0 aliphatic carbocycles. The number of hydrogen-bond acceptors (Lipinski definition) is 4. The highest BCUT2D eigenvalue weighted by Gasteiger charge is 2.24. The molecule has 1 heterocycles. The SMILES string of the molecule is NS(=O)(=O)c1ncc(O)c(C(F)F)c1I. The summed E-state index contributed by atoms with van der Waals surface area (Å²) in [5.74, 6) is -0.762. The average molecular weight is 350 g/mol. The molecule has 0 amide bonds. The Morgan fingerprint density at radius 3 is 2.47 bits per heavy atom. The lowest BCUT2D eigenvalue weighted by Gasteiger charge is -2.08. The largest absolute Gasteiger partial charge is 0.506 e. The van der Waals surface area contributed by atoms with Crippen molar-refractivity contribution in [3.05, 3.63) is 15.3 Å². The van der Waals surface area contributed by atoms with E-state index in [-0.39, 0.29) is 3.57 Å². The van der Waals surface area contributed by atoms with Gasteiger partial charge in [-0.15, -0.1) is 0 Å². The lowest BCUT2D eigenvalue weighted by molar-refractivity contribution is 0.145. The van der Waals surface area contributed by atoms with E-state index >= 15 is 0 Å². The summed E-state index contributed by atoms with van der Waals surface area (Å²) in [6, 6.07) is 0. The van der Waals surface area contributed by atoms with Gasteiger partial charge < -0.3 is 5.11 Å². The van der Waals surface area contributed by atoms with E-state index in [2.05, 4.69) is 4.98 Å². The first kappa shape index (κ1) is 12.5. The van der Waals surface area contributed by atoms with Crippen LogP contribution in [0.3, 0.4) is 0 Å². The van der Waals surface area contributed by atoms with Gasteiger partial charge >= 0.3 is 0 Å². The summed E-state index contributed by atoms with van der Waals surface area (Å²) in [5, 5.41) is 13.2. The van der Waals surface area contributed by atoms with Crippen LogP contribution in [0.15, 0.2) is 11.2 Å². The van der Waals surface area contributed by atoms with Crippen LogP contribution >= 0.6 is 22.6 Å². The van der Waals surface area contributed by atoms with Crippen LogP contribution in [0.25, 0.3) is 0 Å². The monoisotopic (exact) mass is 350 g/mol. The predicted octanol–water partition coefficient (Wildman–Crippen LogP) is 0.977. The van der Waals surface area contributed by atoms with Gasteiger partial charge in [0, 0.05) is 0 Å². The van der Waals surface area contributed by atoms with Gasteiger partial charge in [-0.3, -0.25) is 0 Å². The minimum absolute atomic E-state index is 0.370. The number of primary sulfonamides is 1. The molecule has 3 N–H and O–H groups in total. The molecular formula is C6H5F2IN2O3S. The van der Waals surface area contributed by atoms with Gasteiger partial charge in [-0.05, 0) is 22.6 Å². The topological polar surface area (TPSA) is 93.3 Å². The number of hydrogen-bond donors (Lipinski definition) is 2. The van der Waals surface area contributed by atoms with E-state index in [9.17, 15) is 17.2 Å². The van der Waals surface area contributed by atoms with Crippen LogP contribution < -0.4 is 5.14 Å². The molecule has 0 fully saturated rings. The Morgan fingerprint density at radius 2 is 2.07 bits per heavy atom. The van der Waals surface area contributed by atoms with Crippen molar-refractivity contribution in [3.63, 3.8) is 0 Å². The lowest BCUT2D eigenvalue weighted by Crippen LogP contribution is -2.16. The van der Waals surface area contributed by atoms with Crippen molar-refractivity contribution >= 4 is 32.6 Å². The van der Waals surface area contributed by atoms with Crippen molar-refractivity contribution in [2.24, 2.45) is 5.14 Å². The molecule has 0 aliphatic rings. The quantitative estimate of drug-likeness (QED) is 0.778. The fraction of sp³-hybridized carbons (Fsp3) is 0.167. The highest BCUT2D eigenvalue weighted by Crippen LogP contribution is 2.34. The van der Waals surface area contributed by atoms with Crippen LogP contribution in [0.2, 0.25) is 0 Å². The Kier molecular flexibility index (Phi) is 3.45. The molecule has 0 saturated carbocycles. The first-order valence-corrected chi connectivity index (χ1v) is 6.06. The van der Waals surface area contributed by atoms with Crippen LogP contribution in [0.5, 0.6) is 5.75 Å². The maximum absolute atomic E-state index is 12.4. The Balaban J connectivity index is 3.56. The fourth-order valence-electron chi connectivity index (χ4n) is 0.880. The molecule has 9 heteroatoms. The Bertz CT molecular complexity index is 491. The zero-order valence-electron chi connectivity index (χ0n) is 6.99. The number of aromatic nitrogens is 1. The molecule has 15 heavy (non-hydrogen) atoms. The van der Waals surface area contributed by atoms with Gasteiger partial charge in [0.2, 0.25) is 0 Å². The Morgan fingerprint density at radius 1 is 1.53 bits per heavy atom. The van der Waals surface area contributed by atoms with Gasteiger partial charge in [-0.2, -0.15) is 0 Å². The van der Waals surface area contributed by atoms with Crippen LogP contribution in [0.4, 0.5) is 8.78 Å². The number of halogens is 3. The Hall–Kier alpha value is -0.550. The zero-order valence-corrected chi connectivity index (χ0v) is 9.96. The minimum Gasteiger partial charge on any atom is -0.506 e. The summed E-state index contributed by atoms with van der Waals surface area (Å²) in [6.45, 7) is 0. The molecule has 0 atom stereocenters. The van der Waals surface area contributed by atoms with Crippen LogP contribution in [-0.4, -0.2) is 18.5 Å². The van der Waals surface area contributed by atoms with E-state index in [4.69, 9.17) is 10.2 Å². The van der Waals surface area contributed by atoms with E-state index < -0.39 is 32.8 Å². The number of nitrogens with two attached hydrogens (primary N) is 1. The number of nitrogens with zero attached hydrogens (tertiary/aromatic N) is 1. The third kappa shape index (κ3) is 2.52. The van der Waals surface area contributed by atoms with Crippen molar-refractivity contribution in [2.75, 3.05) is 0 Å². The third-order valence-electron chi connectivity index (χ3n) is 1.49. The summed E-state index contributed by atoms with van der Waals surface area (Å²) in [7, 11) is -4.17. The summed E-state index contributed by atoms with van der Waals surface area (Å²) in [4.78, 5) is 3.29. The molecule has 1 aromatic rings. The standard InChI is InChI=1S/C6H5F2IN2O3S/c7-5(8)3-2(12)1-11-6(4(3)9)15(10,13)14/h1,5,12H,(H2,10,13,14). The first-order valence-electron chi connectivity index (χ1n) is 3.43. The number of aromatic hydroxyl groups is 1. The molecule has 0 aromatic carbocycles. The normalized spacial score (nSPS) is 12.1. The maximum Gasteiger partial charge on any atom is 0.268 e. The second-order valence-corrected chi connectivity index (χ2v) is 5.08. The molecule has 1 aromatic heterocycles. The van der Waals surface area contributed by atoms with Crippen LogP contribution in [0.1, 0.15) is 12.0 Å². The van der Waals surface area contributed by atoms with E-state index in [0.29, 0.717) is 6.20 Å². The molecule has 5 nitrogen and oxygen atoms in total. The first-order chi connectivity index (χ1) is 6.75. The number of sulfonamides is 1. The van der Waals surface area contributed by atoms with E-state index in [1.54, 1.807) is 0 Å². The number of pyridine rings is 1. The highest BCUT2D eigenvalue weighted by atomic mass is 127. The summed E-state index contributed by atoms with van der Waals surface area (Å²) < 4.78 is 46.3. The summed E-state index contributed by atoms with van der Waals surface area (Å²) in [5.41, 5.74) is -0.783. The molecule has 0 radical (unpaired) electrons. The lowest BCUT2D eigenvalue weighted by atomic mass is 10.2. The molecule has 0 spiro atoms. The van der Waals surface area contributed by atoms with Gasteiger partial charge in [0.25, 0.3) is 16.4 Å². The highest BCUT2D eigenvalue weighted by molar-refractivity contribution is 14.1. The van der Waals surface area contributed by atoms with Gasteiger partial charge in [-0.1, -0.05) is 0 Å². The zero-order chi connectivity index (χ0) is 11.8. The summed E-state index contributed by atoms with van der Waals surface area (Å²) in [6.07, 6.45) is -2.37. The third-order valence-corrected chi connectivity index (χ3v) is 3.80. The molecule has 0 unspecified atom stereocenters. The molecule has 0 aliphatic heterocycles. The predicted molar refractivity (Wildman–Crippen MR) is 54.9 cm³/mol. The number of rotatable bonds is 2. The fourth-order valence-corrected chi connectivity index (χ4v) is 3.01. The van der Waals surface area contributed by atoms with Crippen LogP contribution in [-0.2, 0) is 10.0 Å². The molecular weight excluding hydrogens is 345 g/mol. The number of alkyl halides is 2. The second kappa shape index (κ2) is 4.14. The molecule has 84 valence electrons. The maximum atomic E-state index is 12.4. The molecule has 0 saturated heterocycles. The van der Waals surface area contributed by atoms with E-state index in [1.165, 1.54) is 22.6 Å². The van der Waals surface area contributed by atoms with Crippen molar-refractivity contribution in [1.29, 1.82) is 0 Å². The van der Waals surface area contributed by atoms with Crippen LogP contribution in [0, 0.1) is 3.57 Å². The summed E-state index contributed by atoms with van der Waals surface area (Å²) >= 11 is 1.35. The van der Waals surface area contributed by atoms with E-state index in [1.807, 2.05) is 0 Å². The van der Waals surface area contributed by atoms with Crippen molar-refractivity contribution < 1.29 is 22.3 Å². The van der Waals surface area contributed by atoms with Crippen molar-refractivity contribution in [3.8, 4) is 5.75 Å². The van der Waals surface area contributed by atoms with Gasteiger partial charge in [0.15, 0.2) is 5.03 Å². The van der Waals surface area contributed by atoms with Crippen molar-refractivity contribution in [2.45, 2.75) is 11.5 Å². The van der Waals surface area contributed by atoms with Crippen molar-refractivity contribution in [1.82, 2.24) is 4.98 Å². The average Bonchev–Trinajstić information content (AvgIpc) is 2.00.